The van der Waals surface area contributed by atoms with Crippen molar-refractivity contribution < 1.29 is 0 Å². The van der Waals surface area contributed by atoms with E-state index in [0.29, 0.717) is 0 Å². The fourth-order valence-corrected chi connectivity index (χ4v) is 3.20. The first-order valence-electron chi connectivity index (χ1n) is 7.11. The number of rotatable bonds is 2. The van der Waals surface area contributed by atoms with Crippen LogP contribution in [-0.4, -0.2) is 35.6 Å². The minimum atomic E-state index is 0.769. The van der Waals surface area contributed by atoms with Crippen molar-refractivity contribution >= 4 is 5.95 Å². The highest BCUT2D eigenvalue weighted by Crippen LogP contribution is 2.26. The molecule has 1 atom stereocenters. The van der Waals surface area contributed by atoms with Crippen molar-refractivity contribution in [2.45, 2.75) is 38.6 Å². The number of nitrogens with zero attached hydrogens (tertiary/aromatic N) is 3. The topological polar surface area (TPSA) is 41.1 Å². The molecule has 0 saturated carbocycles. The van der Waals surface area contributed by atoms with Gasteiger partial charge in [0.1, 0.15) is 0 Å². The van der Waals surface area contributed by atoms with Crippen LogP contribution in [-0.2, 0) is 0 Å². The van der Waals surface area contributed by atoms with Crippen molar-refractivity contribution in [3.05, 3.63) is 18.0 Å². The second kappa shape index (κ2) is 5.22. The highest BCUT2D eigenvalue weighted by molar-refractivity contribution is 5.30. The summed E-state index contributed by atoms with van der Waals surface area (Å²) >= 11 is 0. The number of nitrogens with one attached hydrogen (secondary N) is 1. The quantitative estimate of drug-likeness (QED) is 0.863. The monoisotopic (exact) mass is 246 g/mol. The third-order valence-corrected chi connectivity index (χ3v) is 4.27. The van der Waals surface area contributed by atoms with Gasteiger partial charge in [-0.1, -0.05) is 0 Å². The third kappa shape index (κ3) is 2.48. The van der Waals surface area contributed by atoms with Gasteiger partial charge in [0.2, 0.25) is 5.95 Å². The van der Waals surface area contributed by atoms with Crippen LogP contribution in [0.5, 0.6) is 0 Å². The Hall–Kier alpha value is -1.16. The normalized spacial score (nSPS) is 25.6. The number of hydrogen-bond donors (Lipinski definition) is 1. The molecule has 0 radical (unpaired) electrons. The van der Waals surface area contributed by atoms with Crippen LogP contribution in [0.4, 0.5) is 5.95 Å². The number of anilines is 1. The van der Waals surface area contributed by atoms with Crippen molar-refractivity contribution in [1.82, 2.24) is 15.3 Å². The van der Waals surface area contributed by atoms with Crippen LogP contribution in [0.15, 0.2) is 12.3 Å². The SMILES string of the molecule is Cc1ccnc(N2CCC(C3CCCN3)CC2)n1. The number of aryl methyl sites for hydroxylation is 1. The first-order valence-corrected chi connectivity index (χ1v) is 7.11. The zero-order valence-corrected chi connectivity index (χ0v) is 11.1. The molecule has 2 fully saturated rings. The van der Waals surface area contributed by atoms with Crippen LogP contribution in [0.2, 0.25) is 0 Å². The Morgan fingerprint density at radius 1 is 1.28 bits per heavy atom. The highest BCUT2D eigenvalue weighted by atomic mass is 15.3. The van der Waals surface area contributed by atoms with Gasteiger partial charge >= 0.3 is 0 Å². The number of piperidine rings is 1. The molecular weight excluding hydrogens is 224 g/mol. The van der Waals surface area contributed by atoms with Gasteiger partial charge in [-0.2, -0.15) is 0 Å². The molecule has 1 unspecified atom stereocenters. The van der Waals surface area contributed by atoms with Gasteiger partial charge < -0.3 is 10.2 Å². The first kappa shape index (κ1) is 11.9. The largest absolute Gasteiger partial charge is 0.341 e. The Labute approximate surface area is 109 Å². The molecule has 2 aliphatic rings. The van der Waals surface area contributed by atoms with E-state index in [4.69, 9.17) is 0 Å². The van der Waals surface area contributed by atoms with Crippen molar-refractivity contribution in [3.63, 3.8) is 0 Å². The molecule has 0 aromatic carbocycles. The van der Waals surface area contributed by atoms with Gasteiger partial charge in [0.25, 0.3) is 0 Å². The molecule has 0 aliphatic carbocycles. The summed E-state index contributed by atoms with van der Waals surface area (Å²) in [6.45, 7) is 5.45. The van der Waals surface area contributed by atoms with Crippen LogP contribution >= 0.6 is 0 Å². The maximum absolute atomic E-state index is 4.52. The molecule has 18 heavy (non-hydrogen) atoms. The molecule has 98 valence electrons. The molecule has 2 saturated heterocycles. The van der Waals surface area contributed by atoms with Gasteiger partial charge in [-0.3, -0.25) is 0 Å². The lowest BCUT2D eigenvalue weighted by Gasteiger charge is -2.34. The zero-order valence-electron chi connectivity index (χ0n) is 11.1. The Bertz CT molecular complexity index is 393. The van der Waals surface area contributed by atoms with E-state index in [1.807, 2.05) is 19.2 Å². The average molecular weight is 246 g/mol. The van der Waals surface area contributed by atoms with E-state index in [9.17, 15) is 0 Å². The van der Waals surface area contributed by atoms with E-state index in [2.05, 4.69) is 20.2 Å². The summed E-state index contributed by atoms with van der Waals surface area (Å²) in [5, 5.41) is 3.64. The maximum atomic E-state index is 4.52. The molecule has 1 aromatic heterocycles. The minimum absolute atomic E-state index is 0.769. The summed E-state index contributed by atoms with van der Waals surface area (Å²) in [7, 11) is 0. The van der Waals surface area contributed by atoms with Crippen LogP contribution in [0.3, 0.4) is 0 Å². The Morgan fingerprint density at radius 3 is 2.78 bits per heavy atom. The molecule has 3 heterocycles. The lowest BCUT2D eigenvalue weighted by Crippen LogP contribution is -2.41. The van der Waals surface area contributed by atoms with Crippen molar-refractivity contribution in [2.24, 2.45) is 5.92 Å². The molecule has 2 aliphatic heterocycles. The molecule has 1 aromatic rings. The van der Waals surface area contributed by atoms with Gasteiger partial charge in [0, 0.05) is 31.0 Å². The van der Waals surface area contributed by atoms with E-state index in [1.165, 1.54) is 32.2 Å². The Morgan fingerprint density at radius 2 is 2.11 bits per heavy atom. The summed E-state index contributed by atoms with van der Waals surface area (Å²) < 4.78 is 0. The predicted octanol–water partition coefficient (Wildman–Crippen LogP) is 1.75. The highest BCUT2D eigenvalue weighted by Gasteiger charge is 2.28. The summed E-state index contributed by atoms with van der Waals surface area (Å²) in [6.07, 6.45) is 7.13. The third-order valence-electron chi connectivity index (χ3n) is 4.27. The summed E-state index contributed by atoms with van der Waals surface area (Å²) in [4.78, 5) is 11.2. The lowest BCUT2D eigenvalue weighted by molar-refractivity contribution is 0.317. The zero-order chi connectivity index (χ0) is 12.4. The smallest absolute Gasteiger partial charge is 0.225 e. The van der Waals surface area contributed by atoms with Gasteiger partial charge in [-0.15, -0.1) is 0 Å². The summed E-state index contributed by atoms with van der Waals surface area (Å²) in [6, 6.07) is 2.73. The minimum Gasteiger partial charge on any atom is -0.341 e. The van der Waals surface area contributed by atoms with Crippen LogP contribution in [0.25, 0.3) is 0 Å². The molecule has 4 nitrogen and oxygen atoms in total. The lowest BCUT2D eigenvalue weighted by atomic mass is 9.89. The average Bonchev–Trinajstić information content (AvgIpc) is 2.93. The molecule has 1 N–H and O–H groups in total. The second-order valence-electron chi connectivity index (χ2n) is 5.53. The Kier molecular flexibility index (Phi) is 3.46. The van der Waals surface area contributed by atoms with Crippen LogP contribution in [0, 0.1) is 12.8 Å². The molecule has 0 spiro atoms. The van der Waals surface area contributed by atoms with Gasteiger partial charge in [-0.25, -0.2) is 9.97 Å². The second-order valence-corrected chi connectivity index (χ2v) is 5.53. The van der Waals surface area contributed by atoms with Crippen molar-refractivity contribution in [1.29, 1.82) is 0 Å². The van der Waals surface area contributed by atoms with E-state index < -0.39 is 0 Å². The number of hydrogen-bond acceptors (Lipinski definition) is 4. The van der Waals surface area contributed by atoms with E-state index in [1.54, 1.807) is 0 Å². The summed E-state index contributed by atoms with van der Waals surface area (Å²) in [5.74, 6) is 1.77. The van der Waals surface area contributed by atoms with Gasteiger partial charge in [0.05, 0.1) is 0 Å². The van der Waals surface area contributed by atoms with E-state index in [-0.39, 0.29) is 0 Å². The molecular formula is C14H22N4. The first-order chi connectivity index (χ1) is 8.83. The fraction of sp³-hybridized carbons (Fsp3) is 0.714. The van der Waals surface area contributed by atoms with Gasteiger partial charge in [-0.05, 0) is 51.1 Å². The maximum Gasteiger partial charge on any atom is 0.225 e. The fourth-order valence-electron chi connectivity index (χ4n) is 3.20. The van der Waals surface area contributed by atoms with E-state index in [0.717, 1.165) is 36.7 Å². The molecule has 3 rings (SSSR count). The van der Waals surface area contributed by atoms with E-state index >= 15 is 0 Å². The van der Waals surface area contributed by atoms with Gasteiger partial charge in [0.15, 0.2) is 0 Å². The summed E-state index contributed by atoms with van der Waals surface area (Å²) in [5.41, 5.74) is 1.06. The molecule has 0 bridgehead atoms. The van der Waals surface area contributed by atoms with Crippen LogP contribution < -0.4 is 10.2 Å². The molecule has 0 amide bonds. The molecule has 4 heteroatoms. The number of aromatic nitrogens is 2. The predicted molar refractivity (Wildman–Crippen MR) is 72.7 cm³/mol. The Balaban J connectivity index is 1.59. The van der Waals surface area contributed by atoms with Crippen LogP contribution in [0.1, 0.15) is 31.4 Å². The van der Waals surface area contributed by atoms with Crippen molar-refractivity contribution in [3.8, 4) is 0 Å². The standard InChI is InChI=1S/C14H22N4/c1-11-4-8-16-14(17-11)18-9-5-12(6-10-18)13-3-2-7-15-13/h4,8,12-13,15H,2-3,5-7,9-10H2,1H3. The van der Waals surface area contributed by atoms with Crippen molar-refractivity contribution in [2.75, 3.05) is 24.5 Å².